The van der Waals surface area contributed by atoms with Gasteiger partial charge in [0.2, 0.25) is 0 Å². The van der Waals surface area contributed by atoms with Crippen LogP contribution < -0.4 is 0 Å². The molecule has 2 heteroatoms. The van der Waals surface area contributed by atoms with Gasteiger partial charge in [0.05, 0.1) is 12.2 Å². The lowest BCUT2D eigenvalue weighted by Crippen LogP contribution is -2.69. The zero-order valence-corrected chi connectivity index (χ0v) is 22.0. The summed E-state index contributed by atoms with van der Waals surface area (Å²) in [6.07, 6.45) is 10.2. The first kappa shape index (κ1) is 23.4. The van der Waals surface area contributed by atoms with Crippen molar-refractivity contribution in [1.29, 1.82) is 0 Å². The van der Waals surface area contributed by atoms with E-state index < -0.39 is 0 Å². The molecule has 11 unspecified atom stereocenters. The summed E-state index contributed by atoms with van der Waals surface area (Å²) in [7, 11) is 0. The quantitative estimate of drug-likeness (QED) is 0.429. The van der Waals surface area contributed by atoms with E-state index in [1.54, 1.807) is 0 Å². The number of hydrogen-bond donors (Lipinski definition) is 2. The first-order valence-electron chi connectivity index (χ1n) is 13.7. The summed E-state index contributed by atoms with van der Waals surface area (Å²) in [5.41, 5.74) is 2.06. The molecule has 0 heterocycles. The summed E-state index contributed by atoms with van der Waals surface area (Å²) in [4.78, 5) is 0. The molecule has 5 fully saturated rings. The van der Waals surface area contributed by atoms with Crippen molar-refractivity contribution < 1.29 is 10.2 Å². The zero-order chi connectivity index (χ0) is 23.5. The Bertz CT molecular complexity index is 801. The van der Waals surface area contributed by atoms with Crippen LogP contribution in [0.4, 0.5) is 0 Å². The molecule has 0 aromatic carbocycles. The van der Waals surface area contributed by atoms with Crippen molar-refractivity contribution in [1.82, 2.24) is 0 Å². The average Bonchev–Trinajstić information content (AvgIpc) is 3.03. The van der Waals surface area contributed by atoms with E-state index in [1.807, 2.05) is 0 Å². The van der Waals surface area contributed by atoms with Crippen LogP contribution in [0.1, 0.15) is 106 Å². The van der Waals surface area contributed by atoms with Gasteiger partial charge in [-0.2, -0.15) is 0 Å². The van der Waals surface area contributed by atoms with Crippen molar-refractivity contribution in [3.63, 3.8) is 0 Å². The van der Waals surface area contributed by atoms with Crippen LogP contribution in [0, 0.1) is 56.7 Å². The number of aliphatic hydroxyl groups excluding tert-OH is 2. The van der Waals surface area contributed by atoms with Crippen molar-refractivity contribution >= 4 is 0 Å². The lowest BCUT2D eigenvalue weighted by molar-refractivity contribution is -0.275. The van der Waals surface area contributed by atoms with Crippen molar-refractivity contribution in [3.05, 3.63) is 12.2 Å². The molecule has 0 aromatic rings. The Morgan fingerprint density at radius 1 is 0.781 bits per heavy atom. The minimum absolute atomic E-state index is 0.00760. The fraction of sp³-hybridized carbons (Fsp3) is 0.933. The number of aliphatic hydroxyl groups is 2. The molecule has 0 amide bonds. The molecule has 5 aliphatic carbocycles. The first-order chi connectivity index (χ1) is 14.7. The van der Waals surface area contributed by atoms with Crippen LogP contribution in [0.25, 0.3) is 0 Å². The van der Waals surface area contributed by atoms with Gasteiger partial charge in [0.25, 0.3) is 0 Å². The van der Waals surface area contributed by atoms with Gasteiger partial charge in [0, 0.05) is 5.41 Å². The second-order valence-corrected chi connectivity index (χ2v) is 14.8. The van der Waals surface area contributed by atoms with Crippen LogP contribution in [0.3, 0.4) is 0 Å². The van der Waals surface area contributed by atoms with Gasteiger partial charge in [-0.15, -0.1) is 0 Å². The van der Waals surface area contributed by atoms with Crippen molar-refractivity contribution in [2.75, 3.05) is 0 Å². The fourth-order valence-corrected chi connectivity index (χ4v) is 11.6. The topological polar surface area (TPSA) is 40.5 Å². The average molecular weight is 443 g/mol. The van der Waals surface area contributed by atoms with Crippen molar-refractivity contribution in [3.8, 4) is 0 Å². The normalized spacial score (nSPS) is 58.8. The third-order valence-electron chi connectivity index (χ3n) is 13.5. The molecule has 5 rings (SSSR count). The second kappa shape index (κ2) is 6.87. The van der Waals surface area contributed by atoms with Gasteiger partial charge in [-0.05, 0) is 116 Å². The molecule has 11 atom stereocenters. The van der Waals surface area contributed by atoms with Crippen LogP contribution in [0.2, 0.25) is 0 Å². The number of allylic oxidation sites excluding steroid dienone is 1. The molecule has 0 radical (unpaired) electrons. The van der Waals surface area contributed by atoms with Crippen molar-refractivity contribution in [2.24, 2.45) is 56.7 Å². The smallest absolute Gasteiger partial charge is 0.0607 e. The molecule has 2 N–H and O–H groups in total. The molecule has 0 saturated heterocycles. The van der Waals surface area contributed by atoms with Gasteiger partial charge >= 0.3 is 0 Å². The van der Waals surface area contributed by atoms with Crippen LogP contribution in [-0.2, 0) is 0 Å². The summed E-state index contributed by atoms with van der Waals surface area (Å²) in [5, 5.41) is 22.9. The van der Waals surface area contributed by atoms with Crippen LogP contribution in [0.5, 0.6) is 0 Å². The minimum Gasteiger partial charge on any atom is -0.393 e. The minimum atomic E-state index is -0.201. The molecule has 0 spiro atoms. The van der Waals surface area contributed by atoms with Gasteiger partial charge in [0.15, 0.2) is 0 Å². The molecule has 0 aromatic heterocycles. The van der Waals surface area contributed by atoms with E-state index in [9.17, 15) is 10.2 Å². The molecule has 32 heavy (non-hydrogen) atoms. The monoisotopic (exact) mass is 442 g/mol. The van der Waals surface area contributed by atoms with E-state index in [-0.39, 0.29) is 39.3 Å². The molecule has 2 nitrogen and oxygen atoms in total. The molecule has 182 valence electrons. The zero-order valence-electron chi connectivity index (χ0n) is 22.0. The predicted molar refractivity (Wildman–Crippen MR) is 132 cm³/mol. The van der Waals surface area contributed by atoms with Gasteiger partial charge in [0.1, 0.15) is 0 Å². The Morgan fingerprint density at radius 2 is 1.47 bits per heavy atom. The van der Waals surface area contributed by atoms with Gasteiger partial charge in [-0.3, -0.25) is 0 Å². The second-order valence-electron chi connectivity index (χ2n) is 14.8. The molecular weight excluding hydrogens is 392 g/mol. The maximum atomic E-state index is 12.0. The Morgan fingerprint density at radius 3 is 2.12 bits per heavy atom. The molecule has 0 aliphatic heterocycles. The SMILES string of the molecule is C=C(C)C1CCC2(C)CC(O)C3(C)C(CCC4C5(C)CCC(O)C(C)(C)C5CCC43C)C12. The third-order valence-corrected chi connectivity index (χ3v) is 13.5. The number of hydrogen-bond acceptors (Lipinski definition) is 2. The summed E-state index contributed by atoms with van der Waals surface area (Å²) in [5.74, 6) is 3.14. The highest BCUT2D eigenvalue weighted by molar-refractivity contribution is 5.22. The fourth-order valence-electron chi connectivity index (χ4n) is 11.6. The van der Waals surface area contributed by atoms with Gasteiger partial charge in [-0.25, -0.2) is 0 Å². The Kier molecular flexibility index (Phi) is 5.02. The standard InChI is InChI=1S/C30H50O2/c1-18(2)19-11-14-27(5)17-24(32)30(8)20(25(19)27)9-10-22-28(6)15-13-23(31)26(3,4)21(28)12-16-29(22,30)7/h19-25,31-32H,1,9-17H2,2-8H3. The molecule has 5 aliphatic rings. The lowest BCUT2D eigenvalue weighted by Gasteiger charge is -2.73. The lowest BCUT2D eigenvalue weighted by atomic mass is 9.32. The number of rotatable bonds is 1. The number of fused-ring (bicyclic) bond motifs is 7. The van der Waals surface area contributed by atoms with Crippen LogP contribution in [-0.4, -0.2) is 22.4 Å². The summed E-state index contributed by atoms with van der Waals surface area (Å²) >= 11 is 0. The van der Waals surface area contributed by atoms with E-state index in [0.717, 1.165) is 19.3 Å². The Balaban J connectivity index is 1.58. The third kappa shape index (κ3) is 2.61. The molecular formula is C30H50O2. The van der Waals surface area contributed by atoms with Gasteiger partial charge < -0.3 is 10.2 Å². The highest BCUT2D eigenvalue weighted by Crippen LogP contribution is 2.77. The van der Waals surface area contributed by atoms with Gasteiger partial charge in [-0.1, -0.05) is 53.7 Å². The Labute approximate surface area is 197 Å². The molecule has 5 saturated carbocycles. The largest absolute Gasteiger partial charge is 0.393 e. The van der Waals surface area contributed by atoms with E-state index in [4.69, 9.17) is 0 Å². The highest BCUT2D eigenvalue weighted by atomic mass is 16.3. The summed E-state index contributed by atoms with van der Waals surface area (Å²) in [6.45, 7) is 21.5. The van der Waals surface area contributed by atoms with E-state index in [0.29, 0.717) is 29.6 Å². The van der Waals surface area contributed by atoms with Crippen LogP contribution in [0.15, 0.2) is 12.2 Å². The van der Waals surface area contributed by atoms with E-state index in [2.05, 4.69) is 55.0 Å². The van der Waals surface area contributed by atoms with E-state index in [1.165, 1.54) is 44.1 Å². The summed E-state index contributed by atoms with van der Waals surface area (Å²) in [6, 6.07) is 0. The Hall–Kier alpha value is -0.340. The highest BCUT2D eigenvalue weighted by Gasteiger charge is 2.72. The van der Waals surface area contributed by atoms with E-state index >= 15 is 0 Å². The summed E-state index contributed by atoms with van der Waals surface area (Å²) < 4.78 is 0. The molecule has 0 bridgehead atoms. The maximum Gasteiger partial charge on any atom is 0.0607 e. The maximum absolute atomic E-state index is 12.0. The van der Waals surface area contributed by atoms with Crippen LogP contribution >= 0.6 is 0 Å². The predicted octanol–water partition coefficient (Wildman–Crippen LogP) is 7.00. The van der Waals surface area contributed by atoms with Crippen molar-refractivity contribution in [2.45, 2.75) is 118 Å². The first-order valence-corrected chi connectivity index (χ1v) is 13.7.